The zero-order chi connectivity index (χ0) is 22.5. The van der Waals surface area contributed by atoms with E-state index in [1.807, 2.05) is 24.1 Å². The predicted octanol–water partition coefficient (Wildman–Crippen LogP) is 3.06. The van der Waals surface area contributed by atoms with E-state index in [0.717, 1.165) is 87.5 Å². The van der Waals surface area contributed by atoms with E-state index in [-0.39, 0.29) is 41.7 Å². The Morgan fingerprint density at radius 3 is 2.58 bits per heavy atom. The number of aromatic nitrogens is 1. The van der Waals surface area contributed by atoms with Crippen LogP contribution < -0.4 is 5.32 Å². The van der Waals surface area contributed by atoms with Crippen LogP contribution in [0.5, 0.6) is 0 Å². The Labute approximate surface area is 212 Å². The summed E-state index contributed by atoms with van der Waals surface area (Å²) in [4.78, 5) is 27.3. The summed E-state index contributed by atoms with van der Waals surface area (Å²) < 4.78 is 13.4. The van der Waals surface area contributed by atoms with Crippen molar-refractivity contribution >= 4 is 46.7 Å². The number of hydrogen-bond acceptors (Lipinski definition) is 3. The van der Waals surface area contributed by atoms with Crippen molar-refractivity contribution in [1.82, 2.24) is 25.0 Å². The summed E-state index contributed by atoms with van der Waals surface area (Å²) in [6.07, 6.45) is 5.00. The maximum Gasteiger partial charge on any atom is 0.239 e. The number of aromatic amines is 1. The smallest absolute Gasteiger partial charge is 0.239 e. The van der Waals surface area contributed by atoms with E-state index >= 15 is 0 Å². The molecule has 0 bridgehead atoms. The lowest BCUT2D eigenvalue weighted by molar-refractivity contribution is -0.135. The number of piperazine rings is 1. The number of halogens is 2. The summed E-state index contributed by atoms with van der Waals surface area (Å²) in [6.45, 7) is 10.9. The molecule has 1 amide bonds. The first-order chi connectivity index (χ1) is 15.6. The van der Waals surface area contributed by atoms with E-state index < -0.39 is 0 Å². The summed E-state index contributed by atoms with van der Waals surface area (Å²) in [5, 5.41) is 4.47. The first kappa shape index (κ1) is 25.7. The normalized spacial score (nSPS) is 18.5. The maximum atomic E-state index is 13.4. The number of hydrogen-bond donors (Lipinski definition) is 2. The number of likely N-dealkylation sites (tertiary alicyclic amines) is 1. The molecule has 2 aliphatic rings. The Kier molecular flexibility index (Phi) is 9.37. The van der Waals surface area contributed by atoms with Crippen molar-refractivity contribution in [1.29, 1.82) is 0 Å². The lowest BCUT2D eigenvalue weighted by atomic mass is 10.1. The molecule has 2 fully saturated rings. The molecule has 9 heteroatoms. The number of nitrogens with zero attached hydrogens (tertiary/aromatic N) is 4. The van der Waals surface area contributed by atoms with E-state index in [1.54, 1.807) is 0 Å². The van der Waals surface area contributed by atoms with Crippen molar-refractivity contribution in [2.24, 2.45) is 4.99 Å². The highest BCUT2D eigenvalue weighted by Gasteiger charge is 2.30. The third-order valence-electron chi connectivity index (χ3n) is 6.64. The second-order valence-electron chi connectivity index (χ2n) is 8.72. The number of amides is 1. The first-order valence-corrected chi connectivity index (χ1v) is 11.9. The van der Waals surface area contributed by atoms with Crippen LogP contribution in [-0.4, -0.2) is 90.0 Å². The molecule has 2 aliphatic heterocycles. The lowest BCUT2D eigenvalue weighted by Gasteiger charge is -2.39. The lowest BCUT2D eigenvalue weighted by Crippen LogP contribution is -2.57. The molecular weight excluding hydrogens is 534 g/mol. The minimum absolute atomic E-state index is 0. The van der Waals surface area contributed by atoms with Crippen LogP contribution >= 0.6 is 24.0 Å². The molecule has 0 saturated carbocycles. The molecule has 1 aromatic carbocycles. The largest absolute Gasteiger partial charge is 0.361 e. The minimum Gasteiger partial charge on any atom is -0.361 e. The van der Waals surface area contributed by atoms with Crippen LogP contribution in [0.15, 0.2) is 29.4 Å². The highest BCUT2D eigenvalue weighted by molar-refractivity contribution is 14.0. The highest BCUT2D eigenvalue weighted by atomic mass is 127. The van der Waals surface area contributed by atoms with E-state index in [1.165, 1.54) is 12.1 Å². The average Bonchev–Trinajstić information content (AvgIpc) is 3.48. The molecule has 0 radical (unpaired) electrons. The topological polar surface area (TPSA) is 67.0 Å². The fourth-order valence-electron chi connectivity index (χ4n) is 4.75. The Bertz CT molecular complexity index is 950. The van der Waals surface area contributed by atoms with Gasteiger partial charge in [0.2, 0.25) is 5.91 Å². The van der Waals surface area contributed by atoms with Gasteiger partial charge >= 0.3 is 0 Å². The van der Waals surface area contributed by atoms with Crippen LogP contribution in [0.25, 0.3) is 10.9 Å². The molecule has 1 unspecified atom stereocenters. The SMILES string of the molecule is CCNC(=NCCc1c[nH]c2cc(F)ccc12)N1CCN(C(C)C(=O)N2CCCC2)CC1.I. The molecule has 1 aromatic heterocycles. The van der Waals surface area contributed by atoms with Crippen molar-refractivity contribution in [3.8, 4) is 0 Å². The molecule has 3 heterocycles. The van der Waals surface area contributed by atoms with Gasteiger partial charge in [-0.1, -0.05) is 0 Å². The van der Waals surface area contributed by atoms with Gasteiger partial charge in [-0.05, 0) is 56.9 Å². The predicted molar refractivity (Wildman–Crippen MR) is 142 cm³/mol. The van der Waals surface area contributed by atoms with Gasteiger partial charge in [-0.25, -0.2) is 4.39 Å². The Morgan fingerprint density at radius 2 is 1.88 bits per heavy atom. The van der Waals surface area contributed by atoms with Crippen molar-refractivity contribution in [2.45, 2.75) is 39.2 Å². The van der Waals surface area contributed by atoms with Gasteiger partial charge in [0.25, 0.3) is 0 Å². The molecular formula is C24H36FIN6O. The second kappa shape index (κ2) is 12.0. The third kappa shape index (κ3) is 6.17. The van der Waals surface area contributed by atoms with Gasteiger partial charge in [0.15, 0.2) is 5.96 Å². The Morgan fingerprint density at radius 1 is 1.15 bits per heavy atom. The van der Waals surface area contributed by atoms with Gasteiger partial charge in [0.05, 0.1) is 6.04 Å². The van der Waals surface area contributed by atoms with Crippen molar-refractivity contribution in [3.05, 3.63) is 35.8 Å². The van der Waals surface area contributed by atoms with Crippen molar-refractivity contribution in [2.75, 3.05) is 52.4 Å². The highest BCUT2D eigenvalue weighted by Crippen LogP contribution is 2.20. The molecule has 0 spiro atoms. The van der Waals surface area contributed by atoms with Crippen molar-refractivity contribution in [3.63, 3.8) is 0 Å². The average molecular weight is 570 g/mol. The zero-order valence-corrected chi connectivity index (χ0v) is 22.0. The summed E-state index contributed by atoms with van der Waals surface area (Å²) in [6, 6.07) is 4.81. The van der Waals surface area contributed by atoms with Gasteiger partial charge in [-0.15, -0.1) is 24.0 Å². The molecule has 182 valence electrons. The molecule has 2 aromatic rings. The minimum atomic E-state index is -0.228. The monoisotopic (exact) mass is 570 g/mol. The third-order valence-corrected chi connectivity index (χ3v) is 6.64. The van der Waals surface area contributed by atoms with Crippen LogP contribution in [-0.2, 0) is 11.2 Å². The Balaban J connectivity index is 0.00000306. The molecule has 2 N–H and O–H groups in total. The number of fused-ring (bicyclic) bond motifs is 1. The quantitative estimate of drug-likeness (QED) is 0.319. The maximum absolute atomic E-state index is 13.4. The number of H-pyrrole nitrogens is 1. The summed E-state index contributed by atoms with van der Waals surface area (Å²) in [5.41, 5.74) is 1.98. The van der Waals surface area contributed by atoms with Crippen LogP contribution in [0.4, 0.5) is 4.39 Å². The van der Waals surface area contributed by atoms with Gasteiger partial charge in [0, 0.05) is 69.5 Å². The first-order valence-electron chi connectivity index (χ1n) is 11.9. The molecule has 2 saturated heterocycles. The fraction of sp³-hybridized carbons (Fsp3) is 0.583. The van der Waals surface area contributed by atoms with Gasteiger partial charge in [-0.2, -0.15) is 0 Å². The van der Waals surface area contributed by atoms with Crippen molar-refractivity contribution < 1.29 is 9.18 Å². The molecule has 7 nitrogen and oxygen atoms in total. The number of carbonyl (C=O) groups excluding carboxylic acids is 1. The van der Waals surface area contributed by atoms with E-state index in [0.29, 0.717) is 6.54 Å². The second-order valence-corrected chi connectivity index (χ2v) is 8.72. The number of aliphatic imine (C=N–C) groups is 1. The summed E-state index contributed by atoms with van der Waals surface area (Å²) >= 11 is 0. The number of benzene rings is 1. The van der Waals surface area contributed by atoms with Crippen LogP contribution in [0.1, 0.15) is 32.3 Å². The van der Waals surface area contributed by atoms with Gasteiger partial charge < -0.3 is 20.1 Å². The number of carbonyl (C=O) groups is 1. The van der Waals surface area contributed by atoms with Gasteiger partial charge in [0.1, 0.15) is 5.82 Å². The number of nitrogens with one attached hydrogen (secondary N) is 2. The van der Waals surface area contributed by atoms with Crippen LogP contribution in [0.2, 0.25) is 0 Å². The molecule has 4 rings (SSSR count). The number of guanidine groups is 1. The van der Waals surface area contributed by atoms with E-state index in [2.05, 4.69) is 27.0 Å². The van der Waals surface area contributed by atoms with E-state index in [4.69, 9.17) is 4.99 Å². The zero-order valence-electron chi connectivity index (χ0n) is 19.6. The van der Waals surface area contributed by atoms with Crippen LogP contribution in [0.3, 0.4) is 0 Å². The standard InChI is InChI=1S/C24H35FN6O.HI/c1-3-26-24(27-9-8-19-17-28-22-16-20(25)6-7-21(19)22)31-14-12-29(13-15-31)18(2)23(32)30-10-4-5-11-30;/h6-7,16-18,28H,3-5,8-15H2,1-2H3,(H,26,27);1H. The number of rotatable bonds is 6. The molecule has 0 aliphatic carbocycles. The molecule has 1 atom stereocenters. The van der Waals surface area contributed by atoms with Gasteiger partial charge in [-0.3, -0.25) is 14.7 Å². The van der Waals surface area contributed by atoms with Crippen LogP contribution in [0, 0.1) is 5.82 Å². The fourth-order valence-corrected chi connectivity index (χ4v) is 4.75. The van der Waals surface area contributed by atoms with E-state index in [9.17, 15) is 9.18 Å². The summed E-state index contributed by atoms with van der Waals surface area (Å²) in [5.74, 6) is 0.973. The summed E-state index contributed by atoms with van der Waals surface area (Å²) in [7, 11) is 0. The molecule has 33 heavy (non-hydrogen) atoms. The Hall–Kier alpha value is -1.88.